The molecule has 1 atom stereocenters. The molecule has 0 saturated carbocycles. The van der Waals surface area contributed by atoms with E-state index in [0.717, 1.165) is 6.42 Å². The smallest absolute Gasteiger partial charge is 0.235 e. The van der Waals surface area contributed by atoms with E-state index in [1.165, 1.54) is 0 Å². The van der Waals surface area contributed by atoms with Crippen LogP contribution >= 0.6 is 22.6 Å². The lowest BCUT2D eigenvalue weighted by molar-refractivity contribution is -0.124. The van der Waals surface area contributed by atoms with Crippen molar-refractivity contribution in [3.8, 4) is 0 Å². The van der Waals surface area contributed by atoms with Gasteiger partial charge in [-0.25, -0.2) is 0 Å². The first-order valence-corrected chi connectivity index (χ1v) is 7.70. The van der Waals surface area contributed by atoms with Gasteiger partial charge in [0.15, 0.2) is 0 Å². The molecule has 0 aliphatic rings. The molecule has 1 unspecified atom stereocenters. The van der Waals surface area contributed by atoms with Crippen LogP contribution in [0.5, 0.6) is 0 Å². The van der Waals surface area contributed by atoms with Crippen LogP contribution in [-0.2, 0) is 9.53 Å². The zero-order valence-electron chi connectivity index (χ0n) is 13.0. The zero-order valence-corrected chi connectivity index (χ0v) is 15.1. The quantitative estimate of drug-likeness (QED) is 0.402. The normalized spacial score (nSPS) is 16.0. The first-order chi connectivity index (χ1) is 8.40. The van der Waals surface area contributed by atoms with Gasteiger partial charge in [0.05, 0.1) is 22.2 Å². The molecule has 2 N–H and O–H groups in total. The summed E-state index contributed by atoms with van der Waals surface area (Å²) in [5.74, 6) is 0.0356. The van der Waals surface area contributed by atoms with Gasteiger partial charge in [-0.2, -0.15) is 0 Å². The van der Waals surface area contributed by atoms with Gasteiger partial charge in [-0.15, -0.1) is 0 Å². The van der Waals surface area contributed by atoms with Crippen LogP contribution in [0.15, 0.2) is 0 Å². The predicted molar refractivity (Wildman–Crippen MR) is 86.6 cm³/mol. The van der Waals surface area contributed by atoms with Crippen molar-refractivity contribution in [3.63, 3.8) is 0 Å². The zero-order chi connectivity index (χ0) is 15.3. The number of alkyl halides is 1. The van der Waals surface area contributed by atoms with Crippen LogP contribution in [0.2, 0.25) is 0 Å². The number of aliphatic hydroxyl groups excluding tert-OH is 1. The Bertz CT molecular complexity index is 296. The van der Waals surface area contributed by atoms with Gasteiger partial charge in [0.2, 0.25) is 5.91 Å². The number of carbonyl (C=O) groups is 1. The summed E-state index contributed by atoms with van der Waals surface area (Å²) in [6.45, 7) is 12.8. The molecule has 0 radical (unpaired) electrons. The molecule has 114 valence electrons. The molecule has 0 aromatic carbocycles. The first kappa shape index (κ1) is 19.1. The Balaban J connectivity index is 4.11. The number of ether oxygens (including phenoxy) is 1. The van der Waals surface area contributed by atoms with E-state index >= 15 is 0 Å². The summed E-state index contributed by atoms with van der Waals surface area (Å²) in [5.41, 5.74) is -0.438. The number of hydrogen-bond acceptors (Lipinski definition) is 3. The Morgan fingerprint density at radius 3 is 2.16 bits per heavy atom. The lowest BCUT2D eigenvalue weighted by Gasteiger charge is -2.30. The van der Waals surface area contributed by atoms with E-state index < -0.39 is 9.02 Å². The van der Waals surface area contributed by atoms with Crippen LogP contribution in [0.1, 0.15) is 48.0 Å². The van der Waals surface area contributed by atoms with Crippen molar-refractivity contribution in [3.05, 3.63) is 0 Å². The van der Waals surface area contributed by atoms with Gasteiger partial charge < -0.3 is 15.2 Å². The second-order valence-electron chi connectivity index (χ2n) is 6.96. The van der Waals surface area contributed by atoms with E-state index in [0.29, 0.717) is 13.2 Å². The molecule has 0 saturated heterocycles. The highest BCUT2D eigenvalue weighted by molar-refractivity contribution is 14.1. The minimum atomic E-state index is -0.552. The third-order valence-corrected chi connectivity index (χ3v) is 3.47. The Kier molecular flexibility index (Phi) is 7.27. The minimum Gasteiger partial charge on any atom is -0.393 e. The third-order valence-electron chi connectivity index (χ3n) is 2.60. The number of halogens is 1. The molecule has 0 aliphatic heterocycles. The van der Waals surface area contributed by atoms with Crippen LogP contribution < -0.4 is 5.32 Å². The van der Waals surface area contributed by atoms with Gasteiger partial charge in [0.25, 0.3) is 0 Å². The third kappa shape index (κ3) is 8.81. The number of aliphatic hydroxyl groups is 1. The van der Waals surface area contributed by atoms with E-state index in [-0.39, 0.29) is 17.9 Å². The van der Waals surface area contributed by atoms with Crippen molar-refractivity contribution in [2.75, 3.05) is 19.8 Å². The molecule has 0 aromatic heterocycles. The van der Waals surface area contributed by atoms with Gasteiger partial charge in [-0.1, -0.05) is 43.4 Å². The maximum absolute atomic E-state index is 12.1. The summed E-state index contributed by atoms with van der Waals surface area (Å²) < 4.78 is 5.06. The predicted octanol–water partition coefficient (Wildman–Crippen LogP) is 2.52. The fourth-order valence-corrected chi connectivity index (χ4v) is 3.13. The molecule has 0 bridgehead atoms. The van der Waals surface area contributed by atoms with E-state index in [1.54, 1.807) is 0 Å². The maximum Gasteiger partial charge on any atom is 0.235 e. The molecule has 0 fully saturated rings. The van der Waals surface area contributed by atoms with Gasteiger partial charge in [-0.05, 0) is 32.6 Å². The number of amides is 1. The average Bonchev–Trinajstić information content (AvgIpc) is 2.20. The van der Waals surface area contributed by atoms with E-state index in [1.807, 2.05) is 20.8 Å². The maximum atomic E-state index is 12.1. The first-order valence-electron chi connectivity index (χ1n) is 6.62. The second-order valence-corrected chi connectivity index (χ2v) is 9.34. The Morgan fingerprint density at radius 2 is 1.74 bits per heavy atom. The summed E-state index contributed by atoms with van der Waals surface area (Å²) in [6.07, 6.45) is 0.815. The summed E-state index contributed by atoms with van der Waals surface area (Å²) in [7, 11) is 0. The van der Waals surface area contributed by atoms with Crippen molar-refractivity contribution in [1.29, 1.82) is 0 Å². The summed E-state index contributed by atoms with van der Waals surface area (Å²) in [4.78, 5) is 12.1. The van der Waals surface area contributed by atoms with E-state index in [9.17, 15) is 4.79 Å². The lowest BCUT2D eigenvalue weighted by Crippen LogP contribution is -2.44. The van der Waals surface area contributed by atoms with Gasteiger partial charge in [0.1, 0.15) is 0 Å². The van der Waals surface area contributed by atoms with Crippen LogP contribution in [0, 0.1) is 5.41 Å². The Hall–Kier alpha value is 0.120. The standard InChI is InChI=1S/C14H28INO3/c1-12(2,3)9-14(6,15)11(18)16-7-8-19-13(4,5)10-17/h17H,7-10H2,1-6H3,(H,16,18). The highest BCUT2D eigenvalue weighted by Gasteiger charge is 2.34. The summed E-state index contributed by atoms with van der Waals surface area (Å²) >= 11 is 2.21. The van der Waals surface area contributed by atoms with Gasteiger partial charge in [-0.3, -0.25) is 4.79 Å². The van der Waals surface area contributed by atoms with Crippen molar-refractivity contribution >= 4 is 28.5 Å². The van der Waals surface area contributed by atoms with E-state index in [4.69, 9.17) is 9.84 Å². The number of rotatable bonds is 7. The fourth-order valence-electron chi connectivity index (χ4n) is 1.80. The fraction of sp³-hybridized carbons (Fsp3) is 0.929. The lowest BCUT2D eigenvalue weighted by atomic mass is 9.85. The number of nitrogens with one attached hydrogen (secondary N) is 1. The molecule has 0 aromatic rings. The highest BCUT2D eigenvalue weighted by atomic mass is 127. The number of carbonyl (C=O) groups excluding carboxylic acids is 1. The van der Waals surface area contributed by atoms with Crippen molar-refractivity contribution < 1.29 is 14.6 Å². The summed E-state index contributed by atoms with van der Waals surface area (Å²) in [5, 5.41) is 11.9. The van der Waals surface area contributed by atoms with Gasteiger partial charge in [0, 0.05) is 6.54 Å². The monoisotopic (exact) mass is 385 g/mol. The molecule has 0 spiro atoms. The molecular weight excluding hydrogens is 357 g/mol. The molecule has 19 heavy (non-hydrogen) atoms. The Labute approximate surface area is 130 Å². The SMILES string of the molecule is CC(C)(C)CC(C)(I)C(=O)NCCOC(C)(C)CO. The second kappa shape index (κ2) is 7.22. The van der Waals surface area contributed by atoms with Crippen LogP contribution in [0.4, 0.5) is 0 Å². The molecule has 1 amide bonds. The minimum absolute atomic E-state index is 0.0328. The largest absolute Gasteiger partial charge is 0.393 e. The van der Waals surface area contributed by atoms with Crippen LogP contribution in [-0.4, -0.2) is 39.8 Å². The number of hydrogen-bond donors (Lipinski definition) is 2. The van der Waals surface area contributed by atoms with Crippen molar-refractivity contribution in [2.24, 2.45) is 5.41 Å². The van der Waals surface area contributed by atoms with Gasteiger partial charge >= 0.3 is 0 Å². The molecule has 0 aliphatic carbocycles. The topological polar surface area (TPSA) is 58.6 Å². The highest BCUT2D eigenvalue weighted by Crippen LogP contribution is 2.33. The summed E-state index contributed by atoms with van der Waals surface area (Å²) in [6, 6.07) is 0. The Morgan fingerprint density at radius 1 is 1.21 bits per heavy atom. The van der Waals surface area contributed by atoms with E-state index in [2.05, 4.69) is 48.7 Å². The molecule has 0 heterocycles. The van der Waals surface area contributed by atoms with Crippen LogP contribution in [0.3, 0.4) is 0 Å². The van der Waals surface area contributed by atoms with Crippen molar-refractivity contribution in [1.82, 2.24) is 5.32 Å². The molecule has 5 heteroatoms. The molecular formula is C14H28INO3. The molecule has 4 nitrogen and oxygen atoms in total. The average molecular weight is 385 g/mol. The molecule has 0 rings (SSSR count). The van der Waals surface area contributed by atoms with Crippen molar-refractivity contribution in [2.45, 2.75) is 57.0 Å². The van der Waals surface area contributed by atoms with Crippen LogP contribution in [0.25, 0.3) is 0 Å².